The van der Waals surface area contributed by atoms with Crippen LogP contribution in [0.25, 0.3) is 0 Å². The van der Waals surface area contributed by atoms with Crippen LogP contribution in [0.4, 0.5) is 0 Å². The molecule has 0 unspecified atom stereocenters. The molecule has 0 aliphatic heterocycles. The van der Waals surface area contributed by atoms with Gasteiger partial charge in [0.2, 0.25) is 10.0 Å². The third-order valence-electron chi connectivity index (χ3n) is 6.02. The van der Waals surface area contributed by atoms with E-state index in [2.05, 4.69) is 10.0 Å². The molecule has 2 N–H and O–H groups in total. The van der Waals surface area contributed by atoms with Gasteiger partial charge in [0.25, 0.3) is 5.91 Å². The van der Waals surface area contributed by atoms with Gasteiger partial charge in [-0.05, 0) is 54.3 Å². The highest BCUT2D eigenvalue weighted by Gasteiger charge is 2.26. The lowest BCUT2D eigenvalue weighted by Crippen LogP contribution is -2.33. The number of carbonyl (C=O) groups is 1. The Morgan fingerprint density at radius 3 is 2.31 bits per heavy atom. The second kappa shape index (κ2) is 11.4. The molecule has 0 aromatic heterocycles. The molecule has 1 aliphatic carbocycles. The summed E-state index contributed by atoms with van der Waals surface area (Å²) in [5.41, 5.74) is 2.19. The molecule has 0 bridgehead atoms. The Bertz CT molecular complexity index is 1240. The first-order valence-corrected chi connectivity index (χ1v) is 13.2. The van der Waals surface area contributed by atoms with Gasteiger partial charge in [-0.2, -0.15) is 0 Å². The molecule has 0 atom stereocenters. The fraction of sp³-hybridized carbons (Fsp3) is 0.296. The molecule has 1 fully saturated rings. The molecule has 0 saturated heterocycles. The van der Waals surface area contributed by atoms with Gasteiger partial charge in [0.15, 0.2) is 0 Å². The summed E-state index contributed by atoms with van der Waals surface area (Å²) in [6.07, 6.45) is 3.65. The molecular weight excluding hydrogens is 464 g/mol. The lowest BCUT2D eigenvalue weighted by molar-refractivity contribution is 0.0950. The highest BCUT2D eigenvalue weighted by atomic mass is 32.2. The van der Waals surface area contributed by atoms with Crippen molar-refractivity contribution in [1.29, 1.82) is 0 Å². The molecule has 1 amide bonds. The van der Waals surface area contributed by atoms with Gasteiger partial charge in [-0.3, -0.25) is 4.79 Å². The zero-order valence-corrected chi connectivity index (χ0v) is 20.5. The molecule has 1 saturated carbocycles. The Hall–Kier alpha value is -3.36. The van der Waals surface area contributed by atoms with Crippen molar-refractivity contribution in [3.05, 3.63) is 89.5 Å². The number of para-hydroxylation sites is 1. The Balaban J connectivity index is 1.37. The monoisotopic (exact) mass is 494 g/mol. The van der Waals surface area contributed by atoms with Gasteiger partial charge in [-0.25, -0.2) is 13.1 Å². The number of amides is 1. The van der Waals surface area contributed by atoms with Crippen LogP contribution >= 0.6 is 0 Å². The van der Waals surface area contributed by atoms with Crippen molar-refractivity contribution in [2.24, 2.45) is 0 Å². The normalized spacial score (nSPS) is 14.0. The first-order valence-electron chi connectivity index (χ1n) is 11.7. The van der Waals surface area contributed by atoms with Gasteiger partial charge in [-0.1, -0.05) is 55.3 Å². The van der Waals surface area contributed by atoms with Gasteiger partial charge in [0.1, 0.15) is 23.0 Å². The average Bonchev–Trinajstić information content (AvgIpc) is 3.39. The van der Waals surface area contributed by atoms with E-state index in [1.807, 2.05) is 54.6 Å². The fourth-order valence-electron chi connectivity index (χ4n) is 4.08. The first kappa shape index (κ1) is 24.8. The van der Waals surface area contributed by atoms with E-state index < -0.39 is 10.0 Å². The quantitative estimate of drug-likeness (QED) is 0.435. The van der Waals surface area contributed by atoms with Gasteiger partial charge < -0.3 is 14.8 Å². The summed E-state index contributed by atoms with van der Waals surface area (Å²) in [7, 11) is -2.39. The minimum Gasteiger partial charge on any atom is -0.495 e. The van der Waals surface area contributed by atoms with Crippen LogP contribution in [-0.2, 0) is 23.2 Å². The van der Waals surface area contributed by atoms with Crippen molar-refractivity contribution in [2.45, 2.75) is 49.8 Å². The Labute approximate surface area is 206 Å². The van der Waals surface area contributed by atoms with E-state index in [4.69, 9.17) is 9.47 Å². The van der Waals surface area contributed by atoms with Crippen LogP contribution in [0.2, 0.25) is 0 Å². The number of nitrogens with one attached hydrogen (secondary N) is 2. The Morgan fingerprint density at radius 2 is 1.63 bits per heavy atom. The first-order chi connectivity index (χ1) is 16.9. The van der Waals surface area contributed by atoms with Crippen LogP contribution in [0.15, 0.2) is 77.7 Å². The molecule has 7 nitrogen and oxygen atoms in total. The number of sulfonamides is 1. The van der Waals surface area contributed by atoms with Crippen molar-refractivity contribution < 1.29 is 22.7 Å². The zero-order chi connectivity index (χ0) is 24.7. The van der Waals surface area contributed by atoms with E-state index in [0.717, 1.165) is 42.6 Å². The number of carbonyl (C=O) groups excluding carboxylic acids is 1. The minimum atomic E-state index is -3.81. The maximum atomic E-state index is 13.0. The third-order valence-corrected chi connectivity index (χ3v) is 7.56. The summed E-state index contributed by atoms with van der Waals surface area (Å²) in [5, 5.41) is 2.86. The van der Waals surface area contributed by atoms with E-state index in [1.54, 1.807) is 6.07 Å². The second-order valence-corrected chi connectivity index (χ2v) is 10.3. The van der Waals surface area contributed by atoms with Crippen molar-refractivity contribution in [3.8, 4) is 11.5 Å². The SMILES string of the molecule is COc1ccc(C(=O)NCc2ccc(COc3ccccc3)cc2)cc1S(=O)(=O)NC1CCCC1. The molecule has 4 rings (SSSR count). The zero-order valence-electron chi connectivity index (χ0n) is 19.7. The molecule has 184 valence electrons. The van der Waals surface area contributed by atoms with Gasteiger partial charge in [-0.15, -0.1) is 0 Å². The lowest BCUT2D eigenvalue weighted by Gasteiger charge is -2.16. The fourth-order valence-corrected chi connectivity index (χ4v) is 5.58. The maximum absolute atomic E-state index is 13.0. The van der Waals surface area contributed by atoms with Crippen LogP contribution in [0.3, 0.4) is 0 Å². The van der Waals surface area contributed by atoms with E-state index in [-0.39, 0.29) is 28.2 Å². The smallest absolute Gasteiger partial charge is 0.251 e. The predicted molar refractivity (Wildman–Crippen MR) is 134 cm³/mol. The minimum absolute atomic E-state index is 0.0256. The van der Waals surface area contributed by atoms with Crippen LogP contribution in [0, 0.1) is 0 Å². The van der Waals surface area contributed by atoms with Crippen molar-refractivity contribution in [3.63, 3.8) is 0 Å². The number of ether oxygens (including phenoxy) is 2. The van der Waals surface area contributed by atoms with Gasteiger partial charge in [0.05, 0.1) is 7.11 Å². The molecule has 0 spiro atoms. The average molecular weight is 495 g/mol. The summed E-state index contributed by atoms with van der Waals surface area (Å²) in [6.45, 7) is 0.766. The van der Waals surface area contributed by atoms with Gasteiger partial charge >= 0.3 is 0 Å². The van der Waals surface area contributed by atoms with Crippen molar-refractivity contribution in [2.75, 3.05) is 7.11 Å². The summed E-state index contributed by atoms with van der Waals surface area (Å²) in [4.78, 5) is 12.8. The molecule has 8 heteroatoms. The Kier molecular flexibility index (Phi) is 8.05. The van der Waals surface area contributed by atoms with Crippen LogP contribution in [-0.4, -0.2) is 27.5 Å². The molecule has 1 aliphatic rings. The third kappa shape index (κ3) is 6.61. The number of hydrogen-bond donors (Lipinski definition) is 2. The summed E-state index contributed by atoms with van der Waals surface area (Å²) in [6, 6.07) is 21.7. The molecule has 3 aromatic carbocycles. The number of hydrogen-bond acceptors (Lipinski definition) is 5. The molecule has 35 heavy (non-hydrogen) atoms. The van der Waals surface area contributed by atoms with Crippen LogP contribution < -0.4 is 19.5 Å². The summed E-state index contributed by atoms with van der Waals surface area (Å²) < 4.78 is 39.7. The molecule has 0 heterocycles. The van der Waals surface area contributed by atoms with Gasteiger partial charge in [0, 0.05) is 18.2 Å². The van der Waals surface area contributed by atoms with Crippen LogP contribution in [0.1, 0.15) is 47.2 Å². The molecular formula is C27H30N2O5S. The highest BCUT2D eigenvalue weighted by Crippen LogP contribution is 2.27. The second-order valence-electron chi connectivity index (χ2n) is 8.57. The maximum Gasteiger partial charge on any atom is 0.251 e. The van der Waals surface area contributed by atoms with E-state index in [1.165, 1.54) is 19.2 Å². The highest BCUT2D eigenvalue weighted by molar-refractivity contribution is 7.89. The molecule has 3 aromatic rings. The largest absolute Gasteiger partial charge is 0.495 e. The summed E-state index contributed by atoms with van der Waals surface area (Å²) >= 11 is 0. The number of methoxy groups -OCH3 is 1. The van der Waals surface area contributed by atoms with E-state index >= 15 is 0 Å². The molecule has 0 radical (unpaired) electrons. The summed E-state index contributed by atoms with van der Waals surface area (Å²) in [5.74, 6) is 0.657. The van der Waals surface area contributed by atoms with Crippen LogP contribution in [0.5, 0.6) is 11.5 Å². The number of rotatable bonds is 10. The van der Waals surface area contributed by atoms with Crippen molar-refractivity contribution >= 4 is 15.9 Å². The Morgan fingerprint density at radius 1 is 0.943 bits per heavy atom. The topological polar surface area (TPSA) is 93.7 Å². The van der Waals surface area contributed by atoms with E-state index in [0.29, 0.717) is 13.2 Å². The van der Waals surface area contributed by atoms with Crippen molar-refractivity contribution in [1.82, 2.24) is 10.0 Å². The van der Waals surface area contributed by atoms with E-state index in [9.17, 15) is 13.2 Å². The lowest BCUT2D eigenvalue weighted by atomic mass is 10.1. The standard InChI is InChI=1S/C27H30N2O5S/c1-33-25-16-15-22(17-26(25)35(31,32)29-23-7-5-6-8-23)27(30)28-18-20-11-13-21(14-12-20)19-34-24-9-3-2-4-10-24/h2-4,9-17,23,29H,5-8,18-19H2,1H3,(H,28,30). The predicted octanol–water partition coefficient (Wildman–Crippen LogP) is 4.43. The number of benzene rings is 3.